The molecule has 0 aromatic heterocycles. The molecule has 1 heterocycles. The number of ether oxygens (including phenoxy) is 2. The van der Waals surface area contributed by atoms with Crippen LogP contribution in [0, 0.1) is 5.82 Å². The van der Waals surface area contributed by atoms with E-state index in [4.69, 9.17) is 9.47 Å². The van der Waals surface area contributed by atoms with Crippen molar-refractivity contribution in [3.8, 4) is 5.75 Å². The number of carbonyl (C=O) groups is 1. The van der Waals surface area contributed by atoms with Crippen molar-refractivity contribution in [2.75, 3.05) is 7.11 Å². The molecule has 4 nitrogen and oxygen atoms in total. The SMILES string of the molecule is COc1cccc(C2=C(C=Cc3cccc(F)c3)C(=O)OC2(C)O)c1. The van der Waals surface area contributed by atoms with Crippen LogP contribution in [0.15, 0.2) is 60.2 Å². The summed E-state index contributed by atoms with van der Waals surface area (Å²) < 4.78 is 23.6. The van der Waals surface area contributed by atoms with E-state index >= 15 is 0 Å². The van der Waals surface area contributed by atoms with Crippen molar-refractivity contribution in [1.29, 1.82) is 0 Å². The molecule has 0 amide bonds. The lowest BCUT2D eigenvalue weighted by molar-refractivity contribution is -0.170. The van der Waals surface area contributed by atoms with Crippen LogP contribution in [0.5, 0.6) is 5.75 Å². The summed E-state index contributed by atoms with van der Waals surface area (Å²) in [5.74, 6) is -2.18. The van der Waals surface area contributed by atoms with Crippen LogP contribution in [0.3, 0.4) is 0 Å². The van der Waals surface area contributed by atoms with E-state index < -0.39 is 11.8 Å². The van der Waals surface area contributed by atoms with Gasteiger partial charge in [0, 0.05) is 12.5 Å². The van der Waals surface area contributed by atoms with Crippen molar-refractivity contribution in [3.05, 3.63) is 77.1 Å². The summed E-state index contributed by atoms with van der Waals surface area (Å²) >= 11 is 0. The van der Waals surface area contributed by atoms with Gasteiger partial charge in [-0.3, -0.25) is 0 Å². The summed E-state index contributed by atoms with van der Waals surface area (Å²) in [5, 5.41) is 10.5. The highest BCUT2D eigenvalue weighted by Gasteiger charge is 2.42. The first-order valence-electron chi connectivity index (χ1n) is 7.69. The molecule has 1 atom stereocenters. The van der Waals surface area contributed by atoms with E-state index in [0.29, 0.717) is 22.4 Å². The fourth-order valence-corrected chi connectivity index (χ4v) is 2.78. The number of aliphatic hydroxyl groups is 1. The molecule has 25 heavy (non-hydrogen) atoms. The van der Waals surface area contributed by atoms with E-state index in [1.54, 1.807) is 42.5 Å². The van der Waals surface area contributed by atoms with Crippen LogP contribution in [0.1, 0.15) is 18.1 Å². The molecule has 0 bridgehead atoms. The lowest BCUT2D eigenvalue weighted by Crippen LogP contribution is -2.26. The number of esters is 1. The van der Waals surface area contributed by atoms with Crippen molar-refractivity contribution in [2.24, 2.45) is 0 Å². The molecule has 0 aliphatic carbocycles. The Morgan fingerprint density at radius 3 is 2.64 bits per heavy atom. The second kappa shape index (κ2) is 6.53. The van der Waals surface area contributed by atoms with Crippen LogP contribution in [-0.4, -0.2) is 24.0 Å². The zero-order chi connectivity index (χ0) is 18.0. The van der Waals surface area contributed by atoms with Crippen LogP contribution in [0.25, 0.3) is 11.6 Å². The van der Waals surface area contributed by atoms with Crippen LogP contribution in [-0.2, 0) is 9.53 Å². The van der Waals surface area contributed by atoms with Gasteiger partial charge in [-0.25, -0.2) is 9.18 Å². The van der Waals surface area contributed by atoms with Crippen LogP contribution < -0.4 is 4.74 Å². The maximum Gasteiger partial charge on any atom is 0.341 e. The standard InChI is InChI=1S/C20H17FO4/c1-20(23)18(14-6-4-8-16(12-14)24-2)17(19(22)25-20)10-9-13-5-3-7-15(21)11-13/h3-12,23H,1-2H3. The van der Waals surface area contributed by atoms with Gasteiger partial charge < -0.3 is 14.6 Å². The summed E-state index contributed by atoms with van der Waals surface area (Å²) in [7, 11) is 1.53. The highest BCUT2D eigenvalue weighted by molar-refractivity contribution is 6.07. The number of halogens is 1. The Balaban J connectivity index is 2.09. The second-order valence-corrected chi connectivity index (χ2v) is 5.78. The molecule has 0 fully saturated rings. The monoisotopic (exact) mass is 340 g/mol. The van der Waals surface area contributed by atoms with Gasteiger partial charge in [-0.15, -0.1) is 0 Å². The zero-order valence-electron chi connectivity index (χ0n) is 13.8. The molecule has 2 aromatic rings. The minimum atomic E-state index is -1.76. The Hall–Kier alpha value is -2.92. The van der Waals surface area contributed by atoms with Gasteiger partial charge in [0.05, 0.1) is 12.7 Å². The van der Waals surface area contributed by atoms with E-state index in [0.717, 1.165) is 0 Å². The van der Waals surface area contributed by atoms with Crippen molar-refractivity contribution < 1.29 is 23.8 Å². The molecule has 0 saturated carbocycles. The van der Waals surface area contributed by atoms with Crippen LogP contribution >= 0.6 is 0 Å². The first-order valence-corrected chi connectivity index (χ1v) is 7.69. The van der Waals surface area contributed by atoms with Crippen molar-refractivity contribution in [2.45, 2.75) is 12.7 Å². The van der Waals surface area contributed by atoms with Gasteiger partial charge in [0.2, 0.25) is 5.79 Å². The average molecular weight is 340 g/mol. The number of hydrogen-bond donors (Lipinski definition) is 1. The number of carbonyl (C=O) groups excluding carboxylic acids is 1. The van der Waals surface area contributed by atoms with Crippen molar-refractivity contribution in [1.82, 2.24) is 0 Å². The molecule has 128 valence electrons. The topological polar surface area (TPSA) is 55.8 Å². The first kappa shape index (κ1) is 16.9. The Morgan fingerprint density at radius 2 is 1.92 bits per heavy atom. The zero-order valence-corrected chi connectivity index (χ0v) is 13.8. The fourth-order valence-electron chi connectivity index (χ4n) is 2.78. The molecule has 0 radical (unpaired) electrons. The Labute approximate surface area is 144 Å². The minimum absolute atomic E-state index is 0.211. The molecule has 1 aliphatic heterocycles. The highest BCUT2D eigenvalue weighted by atomic mass is 19.1. The van der Waals surface area contributed by atoms with Gasteiger partial charge in [0.25, 0.3) is 0 Å². The largest absolute Gasteiger partial charge is 0.497 e. The van der Waals surface area contributed by atoms with Crippen LogP contribution in [0.4, 0.5) is 4.39 Å². The summed E-state index contributed by atoms with van der Waals surface area (Å²) in [6.45, 7) is 1.41. The average Bonchev–Trinajstić information content (AvgIpc) is 2.81. The number of benzene rings is 2. The third-order valence-electron chi connectivity index (χ3n) is 3.89. The van der Waals surface area contributed by atoms with Crippen molar-refractivity contribution >= 4 is 17.6 Å². The number of methoxy groups -OCH3 is 1. The van der Waals surface area contributed by atoms with Gasteiger partial charge in [-0.05, 0) is 41.5 Å². The normalized spacial score (nSPS) is 20.2. The molecular weight excluding hydrogens is 323 g/mol. The van der Waals surface area contributed by atoms with Crippen LogP contribution in [0.2, 0.25) is 0 Å². The number of hydrogen-bond acceptors (Lipinski definition) is 4. The summed E-state index contributed by atoms with van der Waals surface area (Å²) in [6.07, 6.45) is 3.12. The summed E-state index contributed by atoms with van der Waals surface area (Å²) in [4.78, 5) is 12.2. The molecule has 2 aromatic carbocycles. The maximum atomic E-state index is 13.3. The predicted octanol–water partition coefficient (Wildman–Crippen LogP) is 3.57. The maximum absolute atomic E-state index is 13.3. The second-order valence-electron chi connectivity index (χ2n) is 5.78. The lowest BCUT2D eigenvalue weighted by Gasteiger charge is -2.20. The third kappa shape index (κ3) is 3.46. The van der Waals surface area contributed by atoms with E-state index in [2.05, 4.69) is 0 Å². The van der Waals surface area contributed by atoms with E-state index in [9.17, 15) is 14.3 Å². The van der Waals surface area contributed by atoms with Crippen molar-refractivity contribution in [3.63, 3.8) is 0 Å². The molecule has 1 N–H and O–H groups in total. The lowest BCUT2D eigenvalue weighted by atomic mass is 9.94. The quantitative estimate of drug-likeness (QED) is 0.865. The first-order chi connectivity index (χ1) is 11.9. The Morgan fingerprint density at radius 1 is 1.16 bits per heavy atom. The predicted molar refractivity (Wildman–Crippen MR) is 92.1 cm³/mol. The Bertz CT molecular complexity index is 881. The van der Waals surface area contributed by atoms with Gasteiger partial charge in [-0.2, -0.15) is 0 Å². The third-order valence-corrected chi connectivity index (χ3v) is 3.89. The minimum Gasteiger partial charge on any atom is -0.497 e. The molecule has 1 unspecified atom stereocenters. The van der Waals surface area contributed by atoms with Gasteiger partial charge in [-0.1, -0.05) is 30.3 Å². The van der Waals surface area contributed by atoms with E-state index in [1.807, 2.05) is 0 Å². The summed E-state index contributed by atoms with van der Waals surface area (Å²) in [5.41, 5.74) is 1.75. The van der Waals surface area contributed by atoms with Gasteiger partial charge >= 0.3 is 5.97 Å². The molecule has 1 aliphatic rings. The number of rotatable bonds is 4. The molecular formula is C20H17FO4. The molecule has 3 rings (SSSR count). The smallest absolute Gasteiger partial charge is 0.341 e. The Kier molecular flexibility index (Phi) is 4.42. The summed E-state index contributed by atoms with van der Waals surface area (Å²) in [6, 6.07) is 13.0. The van der Waals surface area contributed by atoms with Gasteiger partial charge in [0.15, 0.2) is 0 Å². The fraction of sp³-hybridized carbons (Fsp3) is 0.150. The molecule has 0 spiro atoms. The highest BCUT2D eigenvalue weighted by Crippen LogP contribution is 2.39. The molecule has 5 heteroatoms. The molecule has 0 saturated heterocycles. The van der Waals surface area contributed by atoms with E-state index in [1.165, 1.54) is 32.2 Å². The number of cyclic esters (lactones) is 1. The van der Waals surface area contributed by atoms with Gasteiger partial charge in [0.1, 0.15) is 11.6 Å². The van der Waals surface area contributed by atoms with E-state index in [-0.39, 0.29) is 11.4 Å².